The van der Waals surface area contributed by atoms with Crippen LogP contribution in [0.3, 0.4) is 0 Å². The van der Waals surface area contributed by atoms with Crippen molar-refractivity contribution >= 4 is 56.5 Å². The molecular weight excluding hydrogens is 378 g/mol. The largest absolute Gasteiger partial charge is 0.495 e. The molecule has 2 heterocycles. The number of ether oxygens (including phenoxy) is 1. The number of halogens is 1. The zero-order valence-electron chi connectivity index (χ0n) is 13.9. The second-order valence-electron chi connectivity index (χ2n) is 5.36. The Labute approximate surface area is 158 Å². The number of amides is 1. The molecule has 0 fully saturated rings. The molecule has 3 rings (SSSR count). The maximum absolute atomic E-state index is 12.6. The first-order chi connectivity index (χ1) is 12.0. The van der Waals surface area contributed by atoms with Gasteiger partial charge in [-0.15, -0.1) is 11.3 Å². The van der Waals surface area contributed by atoms with E-state index in [-0.39, 0.29) is 11.2 Å². The van der Waals surface area contributed by atoms with Gasteiger partial charge < -0.3 is 10.1 Å². The van der Waals surface area contributed by atoms with Crippen LogP contribution in [-0.4, -0.2) is 28.2 Å². The molecule has 0 bridgehead atoms. The Balaban J connectivity index is 1.77. The Morgan fingerprint density at radius 3 is 2.96 bits per heavy atom. The van der Waals surface area contributed by atoms with Gasteiger partial charge in [-0.05, 0) is 36.9 Å². The van der Waals surface area contributed by atoms with Gasteiger partial charge in [-0.25, -0.2) is 9.97 Å². The van der Waals surface area contributed by atoms with Crippen molar-refractivity contribution in [2.75, 3.05) is 12.4 Å². The van der Waals surface area contributed by atoms with Gasteiger partial charge in [0.1, 0.15) is 17.1 Å². The third kappa shape index (κ3) is 3.89. The Hall–Kier alpha value is -1.83. The van der Waals surface area contributed by atoms with Gasteiger partial charge in [0.25, 0.3) is 0 Å². The molecule has 0 saturated heterocycles. The van der Waals surface area contributed by atoms with E-state index < -0.39 is 0 Å². The SMILES string of the molecule is COc1cc(Cl)c(C)cc1NC(=O)C(C)Sc1ncnc2ccsc12. The van der Waals surface area contributed by atoms with Crippen molar-refractivity contribution < 1.29 is 9.53 Å². The van der Waals surface area contributed by atoms with Crippen LogP contribution in [0.5, 0.6) is 5.75 Å². The summed E-state index contributed by atoms with van der Waals surface area (Å²) in [5.74, 6) is 0.400. The van der Waals surface area contributed by atoms with E-state index in [1.54, 1.807) is 30.6 Å². The van der Waals surface area contributed by atoms with Crippen LogP contribution in [0.4, 0.5) is 5.69 Å². The van der Waals surface area contributed by atoms with Crippen LogP contribution in [0.25, 0.3) is 10.2 Å². The molecule has 1 atom stereocenters. The number of anilines is 1. The number of aryl methyl sites for hydroxylation is 1. The molecule has 1 amide bonds. The Kier molecular flexibility index (Phi) is 5.46. The molecule has 0 aliphatic carbocycles. The van der Waals surface area contributed by atoms with Gasteiger partial charge in [0, 0.05) is 11.1 Å². The smallest absolute Gasteiger partial charge is 0.237 e. The molecule has 0 aliphatic rings. The highest BCUT2D eigenvalue weighted by atomic mass is 35.5. The maximum Gasteiger partial charge on any atom is 0.237 e. The first-order valence-electron chi connectivity index (χ1n) is 7.49. The first-order valence-corrected chi connectivity index (χ1v) is 9.63. The quantitative estimate of drug-likeness (QED) is 0.499. The molecule has 25 heavy (non-hydrogen) atoms. The van der Waals surface area contributed by atoms with E-state index in [1.165, 1.54) is 18.1 Å². The normalized spacial score (nSPS) is 12.2. The summed E-state index contributed by atoms with van der Waals surface area (Å²) in [7, 11) is 1.54. The molecular formula is C17H16ClN3O2S2. The lowest BCUT2D eigenvalue weighted by molar-refractivity contribution is -0.115. The fourth-order valence-corrected chi connectivity index (χ4v) is 4.23. The minimum atomic E-state index is -0.333. The van der Waals surface area contributed by atoms with E-state index >= 15 is 0 Å². The highest BCUT2D eigenvalue weighted by Crippen LogP contribution is 2.34. The summed E-state index contributed by atoms with van der Waals surface area (Å²) in [4.78, 5) is 21.1. The van der Waals surface area contributed by atoms with Crippen LogP contribution >= 0.6 is 34.7 Å². The predicted octanol–water partition coefficient (Wildman–Crippen LogP) is 4.78. The summed E-state index contributed by atoms with van der Waals surface area (Å²) in [6.07, 6.45) is 1.52. The molecule has 0 spiro atoms. The van der Waals surface area contributed by atoms with Crippen molar-refractivity contribution in [2.24, 2.45) is 0 Å². The standard InChI is InChI=1S/C17H16ClN3O2S2/c1-9-6-13(14(23-3)7-11(9)18)21-16(22)10(2)25-17-15-12(4-5-24-15)19-8-20-17/h4-8,10H,1-3H3,(H,21,22). The van der Waals surface area contributed by atoms with Crippen molar-refractivity contribution in [1.29, 1.82) is 0 Å². The lowest BCUT2D eigenvalue weighted by Crippen LogP contribution is -2.23. The molecule has 3 aromatic rings. The summed E-state index contributed by atoms with van der Waals surface area (Å²) in [5.41, 5.74) is 2.37. The van der Waals surface area contributed by atoms with E-state index in [4.69, 9.17) is 16.3 Å². The number of thiophene rings is 1. The average molecular weight is 394 g/mol. The summed E-state index contributed by atoms with van der Waals surface area (Å²) < 4.78 is 6.30. The van der Waals surface area contributed by atoms with Gasteiger partial charge in [0.05, 0.1) is 28.3 Å². The predicted molar refractivity (Wildman–Crippen MR) is 104 cm³/mol. The van der Waals surface area contributed by atoms with Gasteiger partial charge in [0.2, 0.25) is 5.91 Å². The summed E-state index contributed by atoms with van der Waals surface area (Å²) in [5, 5.41) is 5.95. The number of aromatic nitrogens is 2. The number of thioether (sulfide) groups is 1. The number of benzene rings is 1. The van der Waals surface area contributed by atoms with Crippen molar-refractivity contribution in [3.05, 3.63) is 40.5 Å². The molecule has 0 aliphatic heterocycles. The fraction of sp³-hybridized carbons (Fsp3) is 0.235. The molecule has 8 heteroatoms. The first kappa shape index (κ1) is 18.0. The maximum atomic E-state index is 12.6. The van der Waals surface area contributed by atoms with Crippen LogP contribution in [0.1, 0.15) is 12.5 Å². The highest BCUT2D eigenvalue weighted by Gasteiger charge is 2.19. The van der Waals surface area contributed by atoms with Gasteiger partial charge in [-0.3, -0.25) is 4.79 Å². The van der Waals surface area contributed by atoms with E-state index in [9.17, 15) is 4.79 Å². The number of hydrogen-bond donors (Lipinski definition) is 1. The van der Waals surface area contributed by atoms with Gasteiger partial charge in [-0.2, -0.15) is 0 Å². The number of hydrogen-bond acceptors (Lipinski definition) is 6. The van der Waals surface area contributed by atoms with Gasteiger partial charge in [0.15, 0.2) is 0 Å². The van der Waals surface area contributed by atoms with Gasteiger partial charge >= 0.3 is 0 Å². The molecule has 0 radical (unpaired) electrons. The fourth-order valence-electron chi connectivity index (χ4n) is 2.24. The number of methoxy groups -OCH3 is 1. The second kappa shape index (κ2) is 7.59. The number of carbonyl (C=O) groups excluding carboxylic acids is 1. The molecule has 0 saturated carbocycles. The third-order valence-corrected chi connectivity index (χ3v) is 6.15. The third-order valence-electron chi connectivity index (χ3n) is 3.61. The zero-order chi connectivity index (χ0) is 18.0. The average Bonchev–Trinajstić information content (AvgIpc) is 3.07. The summed E-state index contributed by atoms with van der Waals surface area (Å²) in [6, 6.07) is 5.44. The molecule has 1 N–H and O–H groups in total. The topological polar surface area (TPSA) is 64.1 Å². The molecule has 130 valence electrons. The number of rotatable bonds is 5. The summed E-state index contributed by atoms with van der Waals surface area (Å²) >= 11 is 9.08. The molecule has 1 aromatic carbocycles. The lowest BCUT2D eigenvalue weighted by atomic mass is 10.2. The summed E-state index contributed by atoms with van der Waals surface area (Å²) in [6.45, 7) is 3.72. The number of fused-ring (bicyclic) bond motifs is 1. The number of nitrogens with zero attached hydrogens (tertiary/aromatic N) is 2. The lowest BCUT2D eigenvalue weighted by Gasteiger charge is -2.15. The minimum Gasteiger partial charge on any atom is -0.495 e. The van der Waals surface area contributed by atoms with Crippen molar-refractivity contribution in [2.45, 2.75) is 24.1 Å². The second-order valence-corrected chi connectivity index (χ2v) is 8.02. The van der Waals surface area contributed by atoms with Crippen molar-refractivity contribution in [1.82, 2.24) is 9.97 Å². The van der Waals surface area contributed by atoms with E-state index in [0.717, 1.165) is 20.8 Å². The number of nitrogens with one attached hydrogen (secondary N) is 1. The van der Waals surface area contributed by atoms with Crippen LogP contribution in [0, 0.1) is 6.92 Å². The van der Waals surface area contributed by atoms with Crippen molar-refractivity contribution in [3.8, 4) is 5.75 Å². The molecule has 2 aromatic heterocycles. The Bertz CT molecular complexity index is 929. The molecule has 5 nitrogen and oxygen atoms in total. The minimum absolute atomic E-state index is 0.131. The number of carbonyl (C=O) groups is 1. The van der Waals surface area contributed by atoms with E-state index in [1.807, 2.05) is 25.3 Å². The Morgan fingerprint density at radius 1 is 1.40 bits per heavy atom. The van der Waals surface area contributed by atoms with Gasteiger partial charge in [-0.1, -0.05) is 23.4 Å². The Morgan fingerprint density at radius 2 is 2.20 bits per heavy atom. The van der Waals surface area contributed by atoms with Crippen LogP contribution < -0.4 is 10.1 Å². The van der Waals surface area contributed by atoms with Crippen LogP contribution in [-0.2, 0) is 4.79 Å². The van der Waals surface area contributed by atoms with Crippen LogP contribution in [0.2, 0.25) is 5.02 Å². The van der Waals surface area contributed by atoms with Crippen LogP contribution in [0.15, 0.2) is 34.9 Å². The van der Waals surface area contributed by atoms with E-state index in [0.29, 0.717) is 16.5 Å². The monoisotopic (exact) mass is 393 g/mol. The molecule has 1 unspecified atom stereocenters. The zero-order valence-corrected chi connectivity index (χ0v) is 16.3. The van der Waals surface area contributed by atoms with Crippen molar-refractivity contribution in [3.63, 3.8) is 0 Å². The highest BCUT2D eigenvalue weighted by molar-refractivity contribution is 8.00. The van der Waals surface area contributed by atoms with E-state index in [2.05, 4.69) is 15.3 Å².